The van der Waals surface area contributed by atoms with Crippen LogP contribution < -0.4 is 5.32 Å². The molecule has 0 aliphatic carbocycles. The lowest BCUT2D eigenvalue weighted by molar-refractivity contribution is 0.488. The van der Waals surface area contributed by atoms with Crippen molar-refractivity contribution in [3.8, 4) is 0 Å². The van der Waals surface area contributed by atoms with Gasteiger partial charge in [-0.05, 0) is 43.4 Å². The van der Waals surface area contributed by atoms with Crippen molar-refractivity contribution in [1.82, 2.24) is 5.32 Å². The van der Waals surface area contributed by atoms with Gasteiger partial charge in [-0.25, -0.2) is 0 Å². The third kappa shape index (κ3) is 5.18. The van der Waals surface area contributed by atoms with Gasteiger partial charge in [-0.3, -0.25) is 0 Å². The van der Waals surface area contributed by atoms with Crippen molar-refractivity contribution in [2.45, 2.75) is 38.6 Å². The molecule has 2 aromatic carbocycles. The standard InChI is InChI=1S/C19H25N/c1-2-19(16-18-12-7-4-8-13-18)20-15-9-14-17-10-5-3-6-11-17/h3-8,10-13,19-20H,2,9,14-16H2,1H3. The van der Waals surface area contributed by atoms with E-state index in [9.17, 15) is 0 Å². The van der Waals surface area contributed by atoms with Crippen LogP contribution in [0.2, 0.25) is 0 Å². The highest BCUT2D eigenvalue weighted by atomic mass is 14.9. The molecule has 1 N–H and O–H groups in total. The average molecular weight is 267 g/mol. The van der Waals surface area contributed by atoms with E-state index in [0.29, 0.717) is 6.04 Å². The molecule has 1 atom stereocenters. The maximum Gasteiger partial charge on any atom is 0.0105 e. The van der Waals surface area contributed by atoms with Gasteiger partial charge >= 0.3 is 0 Å². The fourth-order valence-electron chi connectivity index (χ4n) is 2.50. The fourth-order valence-corrected chi connectivity index (χ4v) is 2.50. The first kappa shape index (κ1) is 14.8. The van der Waals surface area contributed by atoms with Crippen LogP contribution >= 0.6 is 0 Å². The van der Waals surface area contributed by atoms with Crippen molar-refractivity contribution in [3.63, 3.8) is 0 Å². The molecule has 0 saturated carbocycles. The van der Waals surface area contributed by atoms with Crippen LogP contribution in [0.15, 0.2) is 60.7 Å². The molecule has 0 saturated heterocycles. The first-order valence-corrected chi connectivity index (χ1v) is 7.69. The zero-order chi connectivity index (χ0) is 14.0. The van der Waals surface area contributed by atoms with Crippen LogP contribution in [0.4, 0.5) is 0 Å². The third-order valence-electron chi connectivity index (χ3n) is 3.74. The quantitative estimate of drug-likeness (QED) is 0.706. The van der Waals surface area contributed by atoms with Crippen molar-refractivity contribution in [1.29, 1.82) is 0 Å². The molecule has 20 heavy (non-hydrogen) atoms. The van der Waals surface area contributed by atoms with Crippen LogP contribution in [-0.2, 0) is 12.8 Å². The van der Waals surface area contributed by atoms with Crippen molar-refractivity contribution in [2.75, 3.05) is 6.54 Å². The molecule has 0 fully saturated rings. The smallest absolute Gasteiger partial charge is 0.0105 e. The Morgan fingerprint density at radius 2 is 1.45 bits per heavy atom. The number of hydrogen-bond acceptors (Lipinski definition) is 1. The van der Waals surface area contributed by atoms with Gasteiger partial charge in [0.1, 0.15) is 0 Å². The third-order valence-corrected chi connectivity index (χ3v) is 3.74. The van der Waals surface area contributed by atoms with E-state index in [4.69, 9.17) is 0 Å². The Morgan fingerprint density at radius 1 is 0.850 bits per heavy atom. The van der Waals surface area contributed by atoms with E-state index >= 15 is 0 Å². The SMILES string of the molecule is CCC(Cc1ccccc1)NCCCc1ccccc1. The topological polar surface area (TPSA) is 12.0 Å². The number of aryl methyl sites for hydroxylation is 1. The van der Waals surface area contributed by atoms with Gasteiger partial charge in [0.2, 0.25) is 0 Å². The predicted molar refractivity (Wildman–Crippen MR) is 87.0 cm³/mol. The van der Waals surface area contributed by atoms with Crippen molar-refractivity contribution in [3.05, 3.63) is 71.8 Å². The second-order valence-electron chi connectivity index (χ2n) is 5.34. The van der Waals surface area contributed by atoms with Crippen LogP contribution in [0.3, 0.4) is 0 Å². The predicted octanol–water partition coefficient (Wildman–Crippen LogP) is 4.23. The van der Waals surface area contributed by atoms with E-state index in [0.717, 1.165) is 19.4 Å². The van der Waals surface area contributed by atoms with Gasteiger partial charge in [0.05, 0.1) is 0 Å². The number of benzene rings is 2. The molecule has 2 rings (SSSR count). The average Bonchev–Trinajstić information content (AvgIpc) is 2.52. The van der Waals surface area contributed by atoms with Crippen molar-refractivity contribution in [2.24, 2.45) is 0 Å². The van der Waals surface area contributed by atoms with Gasteiger partial charge in [-0.15, -0.1) is 0 Å². The van der Waals surface area contributed by atoms with Gasteiger partial charge in [0.15, 0.2) is 0 Å². The largest absolute Gasteiger partial charge is 0.314 e. The molecular formula is C19H25N. The first-order chi connectivity index (χ1) is 9.88. The highest BCUT2D eigenvalue weighted by Gasteiger charge is 2.05. The van der Waals surface area contributed by atoms with Gasteiger partial charge in [-0.2, -0.15) is 0 Å². The Balaban J connectivity index is 1.69. The van der Waals surface area contributed by atoms with Gasteiger partial charge in [0.25, 0.3) is 0 Å². The zero-order valence-corrected chi connectivity index (χ0v) is 12.4. The summed E-state index contributed by atoms with van der Waals surface area (Å²) in [5.74, 6) is 0. The Hall–Kier alpha value is -1.60. The summed E-state index contributed by atoms with van der Waals surface area (Å²) < 4.78 is 0. The minimum atomic E-state index is 0.591. The van der Waals surface area contributed by atoms with Crippen molar-refractivity contribution < 1.29 is 0 Å². The van der Waals surface area contributed by atoms with E-state index in [1.165, 1.54) is 24.0 Å². The summed E-state index contributed by atoms with van der Waals surface area (Å²) in [7, 11) is 0. The Morgan fingerprint density at radius 3 is 2.05 bits per heavy atom. The molecular weight excluding hydrogens is 242 g/mol. The molecule has 0 aliphatic rings. The summed E-state index contributed by atoms with van der Waals surface area (Å²) in [5, 5.41) is 3.69. The lowest BCUT2D eigenvalue weighted by Gasteiger charge is -2.17. The Bertz CT molecular complexity index is 464. The van der Waals surface area contributed by atoms with Crippen LogP contribution in [0.1, 0.15) is 30.9 Å². The summed E-state index contributed by atoms with van der Waals surface area (Å²) in [5.41, 5.74) is 2.86. The normalized spacial score (nSPS) is 12.2. The molecule has 0 aromatic heterocycles. The zero-order valence-electron chi connectivity index (χ0n) is 12.4. The summed E-state index contributed by atoms with van der Waals surface area (Å²) in [6.07, 6.45) is 4.67. The number of rotatable bonds is 8. The number of nitrogens with one attached hydrogen (secondary N) is 1. The van der Waals surface area contributed by atoms with Crippen LogP contribution in [0.25, 0.3) is 0 Å². The van der Waals surface area contributed by atoms with Gasteiger partial charge in [-0.1, -0.05) is 67.6 Å². The molecule has 0 radical (unpaired) electrons. The molecule has 1 nitrogen and oxygen atoms in total. The van der Waals surface area contributed by atoms with Crippen molar-refractivity contribution >= 4 is 0 Å². The molecule has 1 heteroatoms. The van der Waals surface area contributed by atoms with E-state index in [1.807, 2.05) is 0 Å². The molecule has 0 bridgehead atoms. The van der Waals surface area contributed by atoms with Crippen LogP contribution in [-0.4, -0.2) is 12.6 Å². The molecule has 1 unspecified atom stereocenters. The van der Waals surface area contributed by atoms with E-state index in [2.05, 4.69) is 72.9 Å². The highest BCUT2D eigenvalue weighted by Crippen LogP contribution is 2.06. The molecule has 0 amide bonds. The molecule has 0 aliphatic heterocycles. The summed E-state index contributed by atoms with van der Waals surface area (Å²) in [6.45, 7) is 3.36. The van der Waals surface area contributed by atoms with E-state index < -0.39 is 0 Å². The highest BCUT2D eigenvalue weighted by molar-refractivity contribution is 5.16. The summed E-state index contributed by atoms with van der Waals surface area (Å²) in [6, 6.07) is 22.1. The lowest BCUT2D eigenvalue weighted by atomic mass is 10.0. The van der Waals surface area contributed by atoms with Crippen LogP contribution in [0, 0.1) is 0 Å². The Labute approximate surface area is 123 Å². The molecule has 2 aromatic rings. The molecule has 0 heterocycles. The van der Waals surface area contributed by atoms with Gasteiger partial charge < -0.3 is 5.32 Å². The van der Waals surface area contributed by atoms with Crippen LogP contribution in [0.5, 0.6) is 0 Å². The maximum atomic E-state index is 3.69. The maximum absolute atomic E-state index is 3.69. The number of hydrogen-bond donors (Lipinski definition) is 1. The first-order valence-electron chi connectivity index (χ1n) is 7.69. The monoisotopic (exact) mass is 267 g/mol. The lowest BCUT2D eigenvalue weighted by Crippen LogP contribution is -2.31. The minimum Gasteiger partial charge on any atom is -0.314 e. The fraction of sp³-hybridized carbons (Fsp3) is 0.368. The van der Waals surface area contributed by atoms with E-state index in [-0.39, 0.29) is 0 Å². The van der Waals surface area contributed by atoms with Gasteiger partial charge in [0, 0.05) is 6.04 Å². The molecule has 106 valence electrons. The Kier molecular flexibility index (Phi) is 6.33. The second kappa shape index (κ2) is 8.55. The summed E-state index contributed by atoms with van der Waals surface area (Å²) >= 11 is 0. The van der Waals surface area contributed by atoms with E-state index in [1.54, 1.807) is 0 Å². The molecule has 0 spiro atoms. The summed E-state index contributed by atoms with van der Waals surface area (Å²) in [4.78, 5) is 0. The second-order valence-corrected chi connectivity index (χ2v) is 5.34. The minimum absolute atomic E-state index is 0.591.